The SMILES string of the molecule is CCc1ccc2c(c1)C[C@@H](CO)O2. The van der Waals surface area contributed by atoms with Gasteiger partial charge in [-0.3, -0.25) is 0 Å². The normalized spacial score (nSPS) is 19.7. The fraction of sp³-hybridized carbons (Fsp3) is 0.455. The summed E-state index contributed by atoms with van der Waals surface area (Å²) in [4.78, 5) is 0. The fourth-order valence-corrected chi connectivity index (χ4v) is 1.70. The minimum absolute atomic E-state index is 0.0258. The smallest absolute Gasteiger partial charge is 0.126 e. The molecule has 0 radical (unpaired) electrons. The molecule has 13 heavy (non-hydrogen) atoms. The highest BCUT2D eigenvalue weighted by atomic mass is 16.5. The summed E-state index contributed by atoms with van der Waals surface area (Å²) in [6, 6.07) is 6.26. The number of fused-ring (bicyclic) bond motifs is 1. The molecule has 2 heteroatoms. The summed E-state index contributed by atoms with van der Waals surface area (Å²) in [5, 5.41) is 8.94. The molecule has 0 saturated carbocycles. The van der Waals surface area contributed by atoms with Crippen molar-refractivity contribution in [1.82, 2.24) is 0 Å². The maximum Gasteiger partial charge on any atom is 0.126 e. The number of aryl methyl sites for hydroxylation is 1. The fourth-order valence-electron chi connectivity index (χ4n) is 1.70. The number of aliphatic hydroxyl groups is 1. The molecule has 1 N–H and O–H groups in total. The summed E-state index contributed by atoms with van der Waals surface area (Å²) in [7, 11) is 0. The van der Waals surface area contributed by atoms with Gasteiger partial charge in [-0.2, -0.15) is 0 Å². The van der Waals surface area contributed by atoms with Gasteiger partial charge in [0.05, 0.1) is 6.61 Å². The molecule has 0 amide bonds. The van der Waals surface area contributed by atoms with Gasteiger partial charge < -0.3 is 9.84 Å². The highest BCUT2D eigenvalue weighted by Crippen LogP contribution is 2.29. The number of aliphatic hydroxyl groups excluding tert-OH is 1. The quantitative estimate of drug-likeness (QED) is 0.744. The van der Waals surface area contributed by atoms with E-state index in [2.05, 4.69) is 19.1 Å². The van der Waals surface area contributed by atoms with Crippen molar-refractivity contribution in [1.29, 1.82) is 0 Å². The molecule has 0 spiro atoms. The molecule has 0 fully saturated rings. The van der Waals surface area contributed by atoms with Crippen LogP contribution in [0.1, 0.15) is 18.1 Å². The molecule has 1 heterocycles. The Morgan fingerprint density at radius 1 is 1.54 bits per heavy atom. The van der Waals surface area contributed by atoms with Crippen LogP contribution in [0, 0.1) is 0 Å². The predicted octanol–water partition coefficient (Wildman–Crippen LogP) is 1.54. The summed E-state index contributed by atoms with van der Waals surface area (Å²) in [5.41, 5.74) is 2.57. The molecular weight excluding hydrogens is 164 g/mol. The van der Waals surface area contributed by atoms with Crippen LogP contribution in [0.5, 0.6) is 5.75 Å². The van der Waals surface area contributed by atoms with Crippen LogP contribution >= 0.6 is 0 Å². The third kappa shape index (κ3) is 1.54. The average Bonchev–Trinajstić information content (AvgIpc) is 2.58. The third-order valence-electron chi connectivity index (χ3n) is 2.48. The van der Waals surface area contributed by atoms with Crippen LogP contribution in [0.25, 0.3) is 0 Å². The van der Waals surface area contributed by atoms with Crippen LogP contribution < -0.4 is 4.74 Å². The molecule has 2 nitrogen and oxygen atoms in total. The van der Waals surface area contributed by atoms with Crippen LogP contribution in [0.15, 0.2) is 18.2 Å². The van der Waals surface area contributed by atoms with Gasteiger partial charge in [0.25, 0.3) is 0 Å². The van der Waals surface area contributed by atoms with Crippen LogP contribution in [-0.2, 0) is 12.8 Å². The molecule has 2 rings (SSSR count). The zero-order valence-electron chi connectivity index (χ0n) is 7.79. The molecule has 1 aromatic rings. The first-order chi connectivity index (χ1) is 6.33. The summed E-state index contributed by atoms with van der Waals surface area (Å²) in [6.07, 6.45) is 1.87. The van der Waals surface area contributed by atoms with Gasteiger partial charge >= 0.3 is 0 Å². The van der Waals surface area contributed by atoms with Gasteiger partial charge in [-0.15, -0.1) is 0 Å². The van der Waals surface area contributed by atoms with Crippen molar-refractivity contribution in [2.24, 2.45) is 0 Å². The monoisotopic (exact) mass is 178 g/mol. The van der Waals surface area contributed by atoms with Crippen molar-refractivity contribution in [2.45, 2.75) is 25.9 Å². The highest BCUT2D eigenvalue weighted by Gasteiger charge is 2.21. The largest absolute Gasteiger partial charge is 0.487 e. The molecule has 0 unspecified atom stereocenters. The molecule has 0 bridgehead atoms. The summed E-state index contributed by atoms with van der Waals surface area (Å²) in [5.74, 6) is 0.941. The number of benzene rings is 1. The van der Waals surface area contributed by atoms with Crippen LogP contribution in [0.4, 0.5) is 0 Å². The minimum atomic E-state index is -0.0258. The highest BCUT2D eigenvalue weighted by molar-refractivity contribution is 5.40. The predicted molar refractivity (Wildman–Crippen MR) is 51.0 cm³/mol. The first kappa shape index (κ1) is 8.57. The van der Waals surface area contributed by atoms with E-state index >= 15 is 0 Å². The maximum absolute atomic E-state index is 8.94. The third-order valence-corrected chi connectivity index (χ3v) is 2.48. The van der Waals surface area contributed by atoms with E-state index in [4.69, 9.17) is 9.84 Å². The van der Waals surface area contributed by atoms with E-state index in [9.17, 15) is 0 Å². The topological polar surface area (TPSA) is 29.5 Å². The van der Waals surface area contributed by atoms with E-state index in [-0.39, 0.29) is 12.7 Å². The lowest BCUT2D eigenvalue weighted by molar-refractivity contribution is 0.134. The molecule has 1 aliphatic rings. The van der Waals surface area contributed by atoms with Gasteiger partial charge in [-0.05, 0) is 23.6 Å². The standard InChI is InChI=1S/C11H14O2/c1-2-8-3-4-11-9(5-8)6-10(7-12)13-11/h3-5,10,12H,2,6-7H2,1H3/t10-/m0/s1. The number of hydrogen-bond acceptors (Lipinski definition) is 2. The molecular formula is C11H14O2. The molecule has 0 aliphatic carbocycles. The van der Waals surface area contributed by atoms with E-state index in [1.807, 2.05) is 6.07 Å². The Labute approximate surface area is 78.2 Å². The second kappa shape index (κ2) is 3.38. The van der Waals surface area contributed by atoms with Crippen molar-refractivity contribution in [2.75, 3.05) is 6.61 Å². The average molecular weight is 178 g/mol. The zero-order chi connectivity index (χ0) is 9.26. The van der Waals surface area contributed by atoms with Crippen molar-refractivity contribution in [3.8, 4) is 5.75 Å². The lowest BCUT2D eigenvalue weighted by Gasteiger charge is -2.04. The second-order valence-corrected chi connectivity index (χ2v) is 3.42. The Bertz CT molecular complexity index is 307. The molecule has 1 aliphatic heterocycles. The Morgan fingerprint density at radius 3 is 3.08 bits per heavy atom. The summed E-state index contributed by atoms with van der Waals surface area (Å²) >= 11 is 0. The van der Waals surface area contributed by atoms with Crippen LogP contribution in [0.2, 0.25) is 0 Å². The van der Waals surface area contributed by atoms with Gasteiger partial charge in [0.1, 0.15) is 11.9 Å². The Balaban J connectivity index is 2.25. The first-order valence-electron chi connectivity index (χ1n) is 4.72. The van der Waals surface area contributed by atoms with Crippen LogP contribution in [0.3, 0.4) is 0 Å². The Hall–Kier alpha value is -1.02. The molecule has 1 atom stereocenters. The van der Waals surface area contributed by atoms with Gasteiger partial charge in [-0.1, -0.05) is 19.1 Å². The Kier molecular flexibility index (Phi) is 2.23. The van der Waals surface area contributed by atoms with Crippen molar-refractivity contribution in [3.05, 3.63) is 29.3 Å². The van der Waals surface area contributed by atoms with Gasteiger partial charge in [0, 0.05) is 6.42 Å². The number of hydrogen-bond donors (Lipinski definition) is 1. The van der Waals surface area contributed by atoms with Crippen LogP contribution in [-0.4, -0.2) is 17.8 Å². The zero-order valence-corrected chi connectivity index (χ0v) is 7.79. The summed E-state index contributed by atoms with van der Waals surface area (Å²) in [6.45, 7) is 2.25. The minimum Gasteiger partial charge on any atom is -0.487 e. The van der Waals surface area contributed by atoms with Crippen molar-refractivity contribution < 1.29 is 9.84 Å². The van der Waals surface area contributed by atoms with Gasteiger partial charge in [0.2, 0.25) is 0 Å². The van der Waals surface area contributed by atoms with Crippen molar-refractivity contribution >= 4 is 0 Å². The van der Waals surface area contributed by atoms with Crippen molar-refractivity contribution in [3.63, 3.8) is 0 Å². The Morgan fingerprint density at radius 2 is 2.38 bits per heavy atom. The van der Waals surface area contributed by atoms with E-state index < -0.39 is 0 Å². The lowest BCUT2D eigenvalue weighted by atomic mass is 10.1. The second-order valence-electron chi connectivity index (χ2n) is 3.42. The van der Waals surface area contributed by atoms with E-state index in [0.29, 0.717) is 0 Å². The molecule has 0 aromatic heterocycles. The van der Waals surface area contributed by atoms with E-state index in [1.165, 1.54) is 11.1 Å². The lowest BCUT2D eigenvalue weighted by Crippen LogP contribution is -2.17. The molecule has 1 aromatic carbocycles. The van der Waals surface area contributed by atoms with Gasteiger partial charge in [0.15, 0.2) is 0 Å². The van der Waals surface area contributed by atoms with E-state index in [1.54, 1.807) is 0 Å². The number of rotatable bonds is 2. The van der Waals surface area contributed by atoms with E-state index in [0.717, 1.165) is 18.6 Å². The summed E-state index contributed by atoms with van der Waals surface area (Å²) < 4.78 is 5.51. The molecule has 70 valence electrons. The van der Waals surface area contributed by atoms with Gasteiger partial charge in [-0.25, -0.2) is 0 Å². The molecule has 0 saturated heterocycles. The first-order valence-corrected chi connectivity index (χ1v) is 4.72. The number of ether oxygens (including phenoxy) is 1. The maximum atomic E-state index is 8.94.